The molecule has 2 N–H and O–H groups in total. The second-order valence-electron chi connectivity index (χ2n) is 7.26. The number of benzene rings is 1. The highest BCUT2D eigenvalue weighted by Gasteiger charge is 2.50. The quantitative estimate of drug-likeness (QED) is 0.461. The molecule has 1 heterocycles. The first kappa shape index (κ1) is 22.4. The number of nitrogens with zero attached hydrogens (tertiary/aromatic N) is 1. The van der Waals surface area contributed by atoms with Crippen LogP contribution < -0.4 is 10.6 Å². The Morgan fingerprint density at radius 2 is 1.76 bits per heavy atom. The Kier molecular flexibility index (Phi) is 7.75. The van der Waals surface area contributed by atoms with Gasteiger partial charge in [-0.15, -0.1) is 0 Å². The van der Waals surface area contributed by atoms with E-state index in [0.717, 1.165) is 23.3 Å². The number of carbonyl (C=O) groups excluding carboxylic acids is 4. The third-order valence-corrected chi connectivity index (χ3v) is 4.93. The Hall–Kier alpha value is -2.90. The summed E-state index contributed by atoms with van der Waals surface area (Å²) in [5, 5.41) is 5.47. The van der Waals surface area contributed by atoms with Gasteiger partial charge in [0.15, 0.2) is 6.61 Å². The van der Waals surface area contributed by atoms with Crippen molar-refractivity contribution in [3.05, 3.63) is 35.9 Å². The topological polar surface area (TPSA) is 105 Å². The summed E-state index contributed by atoms with van der Waals surface area (Å²) in [5.41, 5.74) is -0.0294. The highest BCUT2D eigenvalue weighted by atomic mass is 16.5. The molecule has 29 heavy (non-hydrogen) atoms. The molecule has 1 saturated heterocycles. The number of hydrogen-bond acceptors (Lipinski definition) is 5. The summed E-state index contributed by atoms with van der Waals surface area (Å²) in [6.45, 7) is 4.70. The molecule has 0 spiro atoms. The first-order valence-electron chi connectivity index (χ1n) is 9.97. The van der Waals surface area contributed by atoms with Crippen molar-refractivity contribution in [1.29, 1.82) is 0 Å². The van der Waals surface area contributed by atoms with Crippen LogP contribution in [0.15, 0.2) is 30.3 Å². The van der Waals surface area contributed by atoms with E-state index < -0.39 is 42.5 Å². The van der Waals surface area contributed by atoms with Crippen LogP contribution >= 0.6 is 0 Å². The molecule has 0 saturated carbocycles. The maximum atomic E-state index is 12.7. The summed E-state index contributed by atoms with van der Waals surface area (Å²) in [7, 11) is 0. The molecule has 8 nitrogen and oxygen atoms in total. The minimum atomic E-state index is -0.955. The zero-order chi connectivity index (χ0) is 21.4. The number of urea groups is 1. The number of amides is 4. The molecule has 1 fully saturated rings. The van der Waals surface area contributed by atoms with E-state index in [1.165, 1.54) is 0 Å². The third-order valence-electron chi connectivity index (χ3n) is 4.93. The molecule has 0 bridgehead atoms. The van der Waals surface area contributed by atoms with Crippen molar-refractivity contribution in [1.82, 2.24) is 15.5 Å². The molecule has 0 radical (unpaired) electrons. The van der Waals surface area contributed by atoms with Crippen LogP contribution in [-0.4, -0.2) is 47.4 Å². The van der Waals surface area contributed by atoms with Crippen LogP contribution in [0.1, 0.15) is 58.1 Å². The van der Waals surface area contributed by atoms with Gasteiger partial charge in [-0.1, -0.05) is 57.0 Å². The fraction of sp³-hybridized carbons (Fsp3) is 0.524. The minimum absolute atomic E-state index is 0.239. The van der Waals surface area contributed by atoms with E-state index in [-0.39, 0.29) is 6.04 Å². The van der Waals surface area contributed by atoms with E-state index in [2.05, 4.69) is 10.6 Å². The number of nitrogens with one attached hydrogen (secondary N) is 2. The lowest BCUT2D eigenvalue weighted by molar-refractivity contribution is -0.151. The van der Waals surface area contributed by atoms with Gasteiger partial charge in [-0.2, -0.15) is 0 Å². The lowest BCUT2D eigenvalue weighted by atomic mass is 9.88. The Morgan fingerprint density at radius 1 is 1.14 bits per heavy atom. The van der Waals surface area contributed by atoms with E-state index in [1.807, 2.05) is 51.1 Å². The molecule has 0 aliphatic carbocycles. The average Bonchev–Trinajstić information content (AvgIpc) is 2.92. The van der Waals surface area contributed by atoms with Gasteiger partial charge in [0.25, 0.3) is 11.8 Å². The Morgan fingerprint density at radius 3 is 2.34 bits per heavy atom. The van der Waals surface area contributed by atoms with Crippen molar-refractivity contribution in [3.63, 3.8) is 0 Å². The lowest BCUT2D eigenvalue weighted by Gasteiger charge is -2.25. The van der Waals surface area contributed by atoms with Gasteiger partial charge in [-0.05, 0) is 25.3 Å². The average molecular weight is 403 g/mol. The molecule has 1 aromatic carbocycles. The first-order valence-corrected chi connectivity index (χ1v) is 9.97. The predicted octanol–water partition coefficient (Wildman–Crippen LogP) is 2.30. The van der Waals surface area contributed by atoms with Gasteiger partial charge in [0, 0.05) is 0 Å². The SMILES string of the molecule is CCCC1(CCC)NC(=O)N(CC(=O)OCC(=O)N[C@@H](C)c2ccccc2)C1=O. The Labute approximate surface area is 171 Å². The van der Waals surface area contributed by atoms with Crippen molar-refractivity contribution >= 4 is 23.8 Å². The minimum Gasteiger partial charge on any atom is -0.454 e. The second kappa shape index (κ2) is 10.0. The zero-order valence-electron chi connectivity index (χ0n) is 17.2. The number of carbonyl (C=O) groups is 4. The van der Waals surface area contributed by atoms with Crippen LogP contribution in [0.5, 0.6) is 0 Å². The van der Waals surface area contributed by atoms with Gasteiger partial charge in [0.1, 0.15) is 12.1 Å². The summed E-state index contributed by atoms with van der Waals surface area (Å²) in [6, 6.07) is 8.54. The Balaban J connectivity index is 1.86. The number of rotatable bonds is 10. The van der Waals surface area contributed by atoms with E-state index in [9.17, 15) is 19.2 Å². The lowest BCUT2D eigenvalue weighted by Crippen LogP contribution is -2.47. The van der Waals surface area contributed by atoms with E-state index in [1.54, 1.807) is 0 Å². The monoisotopic (exact) mass is 403 g/mol. The van der Waals surface area contributed by atoms with Crippen LogP contribution in [0.4, 0.5) is 4.79 Å². The summed E-state index contributed by atoms with van der Waals surface area (Å²) < 4.78 is 4.96. The molecule has 0 unspecified atom stereocenters. The van der Waals surface area contributed by atoms with Crippen molar-refractivity contribution in [2.24, 2.45) is 0 Å². The standard InChI is InChI=1S/C21H29N3O5/c1-4-11-21(12-5-2)19(27)24(20(28)23-21)13-18(26)29-14-17(25)22-15(3)16-9-7-6-8-10-16/h6-10,15H,4-5,11-14H2,1-3H3,(H,22,25)(H,23,28)/t15-/m0/s1. The smallest absolute Gasteiger partial charge is 0.326 e. The largest absolute Gasteiger partial charge is 0.454 e. The fourth-order valence-corrected chi connectivity index (χ4v) is 3.57. The first-order chi connectivity index (χ1) is 13.8. The normalized spacial score (nSPS) is 16.3. The summed E-state index contributed by atoms with van der Waals surface area (Å²) in [5.74, 6) is -1.68. The summed E-state index contributed by atoms with van der Waals surface area (Å²) in [6.07, 6.45) is 2.47. The van der Waals surface area contributed by atoms with Crippen molar-refractivity contribution < 1.29 is 23.9 Å². The number of ether oxygens (including phenoxy) is 1. The Bertz CT molecular complexity index is 744. The predicted molar refractivity (Wildman–Crippen MR) is 107 cm³/mol. The molecular weight excluding hydrogens is 374 g/mol. The van der Waals surface area contributed by atoms with Gasteiger partial charge in [0.05, 0.1) is 6.04 Å². The molecule has 1 atom stereocenters. The van der Waals surface area contributed by atoms with Crippen LogP contribution in [0.3, 0.4) is 0 Å². The van der Waals surface area contributed by atoms with Crippen molar-refractivity contribution in [2.75, 3.05) is 13.2 Å². The molecule has 2 rings (SSSR count). The second-order valence-corrected chi connectivity index (χ2v) is 7.26. The highest BCUT2D eigenvalue weighted by Crippen LogP contribution is 2.27. The van der Waals surface area contributed by atoms with E-state index in [4.69, 9.17) is 4.74 Å². The maximum Gasteiger partial charge on any atom is 0.326 e. The summed E-state index contributed by atoms with van der Waals surface area (Å²) in [4.78, 5) is 50.0. The maximum absolute atomic E-state index is 12.7. The van der Waals surface area contributed by atoms with Crippen LogP contribution in [0.2, 0.25) is 0 Å². The van der Waals surface area contributed by atoms with Gasteiger partial charge < -0.3 is 15.4 Å². The van der Waals surface area contributed by atoms with Gasteiger partial charge in [-0.3, -0.25) is 19.3 Å². The fourth-order valence-electron chi connectivity index (χ4n) is 3.57. The van der Waals surface area contributed by atoms with Crippen molar-refractivity contribution in [2.45, 2.75) is 58.0 Å². The molecule has 1 aliphatic heterocycles. The molecule has 8 heteroatoms. The molecule has 0 aromatic heterocycles. The van der Waals surface area contributed by atoms with E-state index in [0.29, 0.717) is 12.8 Å². The summed E-state index contributed by atoms with van der Waals surface area (Å²) >= 11 is 0. The van der Waals surface area contributed by atoms with Gasteiger partial charge in [-0.25, -0.2) is 4.79 Å². The van der Waals surface area contributed by atoms with E-state index >= 15 is 0 Å². The van der Waals surface area contributed by atoms with Crippen LogP contribution in [0.25, 0.3) is 0 Å². The molecule has 4 amide bonds. The van der Waals surface area contributed by atoms with Gasteiger partial charge >= 0.3 is 12.0 Å². The molecule has 158 valence electrons. The van der Waals surface area contributed by atoms with Crippen molar-refractivity contribution in [3.8, 4) is 0 Å². The number of hydrogen-bond donors (Lipinski definition) is 2. The zero-order valence-corrected chi connectivity index (χ0v) is 17.2. The third kappa shape index (κ3) is 5.56. The van der Waals surface area contributed by atoms with Crippen LogP contribution in [-0.2, 0) is 19.1 Å². The molecule has 1 aromatic rings. The number of esters is 1. The molecule has 1 aliphatic rings. The highest BCUT2D eigenvalue weighted by molar-refractivity contribution is 6.08. The molecular formula is C21H29N3O5. The van der Waals surface area contributed by atoms with Gasteiger partial charge in [0.2, 0.25) is 0 Å². The number of imide groups is 1. The van der Waals surface area contributed by atoms with Crippen LogP contribution in [0, 0.1) is 0 Å².